The number of carbonyl (C=O) groups is 1. The highest BCUT2D eigenvalue weighted by atomic mass is 35.5. The number of carbonyl (C=O) groups excluding carboxylic acids is 1. The zero-order chi connectivity index (χ0) is 7.28. The van der Waals surface area contributed by atoms with Crippen LogP contribution in [0.15, 0.2) is 0 Å². The topological polar surface area (TPSA) is 26.3 Å². The second-order valence-corrected chi connectivity index (χ2v) is 1.60. The lowest BCUT2D eigenvalue weighted by Gasteiger charge is -2.01. The van der Waals surface area contributed by atoms with Gasteiger partial charge in [0.05, 0.1) is 6.42 Å². The number of hydrogen-bond donors (Lipinski definition) is 0. The van der Waals surface area contributed by atoms with E-state index in [2.05, 4.69) is 4.74 Å². The molecule has 0 aliphatic rings. The van der Waals surface area contributed by atoms with E-state index in [1.165, 1.54) is 6.42 Å². The summed E-state index contributed by atoms with van der Waals surface area (Å²) in [6.07, 6.45) is 6.04. The fourth-order valence-electron chi connectivity index (χ4n) is 0.204. The maximum atomic E-state index is 10.3. The van der Waals surface area contributed by atoms with Crippen LogP contribution in [-0.2, 0) is 9.53 Å². The molecule has 0 saturated carbocycles. The highest BCUT2D eigenvalue weighted by Gasteiger charge is 2.04. The average molecular weight is 146 g/mol. The Morgan fingerprint density at radius 1 is 2.00 bits per heavy atom. The van der Waals surface area contributed by atoms with Crippen LogP contribution < -0.4 is 0 Å². The van der Waals surface area contributed by atoms with Gasteiger partial charge < -0.3 is 4.74 Å². The van der Waals surface area contributed by atoms with E-state index in [1.54, 1.807) is 6.92 Å². The number of alkyl halides is 1. The molecule has 0 saturated heterocycles. The van der Waals surface area contributed by atoms with Crippen LogP contribution in [0.1, 0.15) is 6.92 Å². The molecular weight excluding hydrogens is 140 g/mol. The molecule has 0 aliphatic heterocycles. The molecule has 0 N–H and O–H groups in total. The molecule has 0 amide bonds. The minimum atomic E-state index is -0.950. The van der Waals surface area contributed by atoms with Crippen molar-refractivity contribution in [3.63, 3.8) is 0 Å². The third kappa shape index (κ3) is 3.87. The van der Waals surface area contributed by atoms with Crippen molar-refractivity contribution in [2.75, 3.05) is 0 Å². The lowest BCUT2D eigenvalue weighted by molar-refractivity contribution is -0.139. The van der Waals surface area contributed by atoms with E-state index in [0.29, 0.717) is 0 Å². The van der Waals surface area contributed by atoms with Crippen molar-refractivity contribution in [3.8, 4) is 12.3 Å². The fourth-order valence-corrected chi connectivity index (χ4v) is 0.292. The summed E-state index contributed by atoms with van der Waals surface area (Å²) in [7, 11) is 0. The van der Waals surface area contributed by atoms with Crippen LogP contribution in [0.25, 0.3) is 0 Å². The van der Waals surface area contributed by atoms with Crippen molar-refractivity contribution in [1.82, 2.24) is 0 Å². The third-order valence-electron chi connectivity index (χ3n) is 0.586. The first-order valence-corrected chi connectivity index (χ1v) is 2.74. The number of halogens is 1. The summed E-state index contributed by atoms with van der Waals surface area (Å²) in [4.78, 5) is 10.3. The first-order chi connectivity index (χ1) is 4.20. The first-order valence-electron chi connectivity index (χ1n) is 2.31. The molecule has 1 atom stereocenters. The first kappa shape index (κ1) is 8.32. The Morgan fingerprint density at radius 2 is 2.56 bits per heavy atom. The molecule has 0 aliphatic carbocycles. The predicted molar refractivity (Wildman–Crippen MR) is 34.5 cm³/mol. The smallest absolute Gasteiger partial charge is 0.311 e. The summed E-state index contributed by atoms with van der Waals surface area (Å²) < 4.78 is 4.38. The lowest BCUT2D eigenvalue weighted by Crippen LogP contribution is -2.09. The normalized spacial score (nSPS) is 11.7. The van der Waals surface area contributed by atoms with Crippen molar-refractivity contribution >= 4 is 17.6 Å². The SMILES string of the molecule is C#CC(Cl)OC(=O)[CH]C. The van der Waals surface area contributed by atoms with Crippen LogP contribution in [-0.4, -0.2) is 11.5 Å². The number of rotatable bonds is 2. The molecule has 2 nitrogen and oxygen atoms in total. The van der Waals surface area contributed by atoms with Crippen molar-refractivity contribution in [2.24, 2.45) is 0 Å². The van der Waals surface area contributed by atoms with Crippen LogP contribution in [0.4, 0.5) is 0 Å². The molecule has 0 aromatic rings. The Kier molecular flexibility index (Phi) is 3.90. The molecule has 0 aromatic heterocycles. The molecule has 0 rings (SSSR count). The molecule has 3 heteroatoms. The fraction of sp³-hybridized carbons (Fsp3) is 0.333. The number of ether oxygens (including phenoxy) is 1. The Labute approximate surface area is 59.1 Å². The number of terminal acetylenes is 1. The van der Waals surface area contributed by atoms with Gasteiger partial charge in [-0.05, 0) is 5.92 Å². The monoisotopic (exact) mass is 145 g/mol. The molecule has 1 radical (unpaired) electrons. The summed E-state index contributed by atoms with van der Waals surface area (Å²) in [5.41, 5.74) is -0.950. The van der Waals surface area contributed by atoms with Crippen molar-refractivity contribution in [1.29, 1.82) is 0 Å². The van der Waals surface area contributed by atoms with E-state index in [0.717, 1.165) is 0 Å². The van der Waals surface area contributed by atoms with Gasteiger partial charge in [-0.2, -0.15) is 0 Å². The van der Waals surface area contributed by atoms with Gasteiger partial charge in [-0.25, -0.2) is 0 Å². The molecule has 0 aromatic carbocycles. The average Bonchev–Trinajstić information content (AvgIpc) is 1.87. The van der Waals surface area contributed by atoms with E-state index in [9.17, 15) is 4.79 Å². The van der Waals surface area contributed by atoms with Crippen molar-refractivity contribution < 1.29 is 9.53 Å². The zero-order valence-corrected chi connectivity index (χ0v) is 5.68. The maximum Gasteiger partial charge on any atom is 0.311 e. The molecule has 0 bridgehead atoms. The van der Waals surface area contributed by atoms with Gasteiger partial charge in [-0.1, -0.05) is 18.5 Å². The molecule has 1 unspecified atom stereocenters. The van der Waals surface area contributed by atoms with E-state index in [-0.39, 0.29) is 0 Å². The summed E-state index contributed by atoms with van der Waals surface area (Å²) >= 11 is 5.24. The summed E-state index contributed by atoms with van der Waals surface area (Å²) in [6, 6.07) is 0. The number of esters is 1. The number of hydrogen-bond acceptors (Lipinski definition) is 2. The third-order valence-corrected chi connectivity index (χ3v) is 0.801. The highest BCUT2D eigenvalue weighted by Crippen LogP contribution is 1.96. The standard InChI is InChI=1S/C6H6ClO2/c1-3-5(7)9-6(8)4-2/h1,4-5H,2H3. The summed E-state index contributed by atoms with van der Waals surface area (Å²) in [6.45, 7) is 1.54. The van der Waals surface area contributed by atoms with E-state index < -0.39 is 11.5 Å². The van der Waals surface area contributed by atoms with Crippen LogP contribution in [0, 0.1) is 18.8 Å². The van der Waals surface area contributed by atoms with E-state index >= 15 is 0 Å². The minimum Gasteiger partial charge on any atom is -0.434 e. The summed E-state index contributed by atoms with van der Waals surface area (Å²) in [5, 5.41) is 0. The van der Waals surface area contributed by atoms with Crippen molar-refractivity contribution in [2.45, 2.75) is 12.5 Å². The summed E-state index contributed by atoms with van der Waals surface area (Å²) in [5.74, 6) is 1.53. The predicted octanol–water partition coefficient (Wildman–Crippen LogP) is 0.952. The van der Waals surface area contributed by atoms with Crippen LogP contribution in [0.3, 0.4) is 0 Å². The largest absolute Gasteiger partial charge is 0.434 e. The molecule has 0 spiro atoms. The maximum absolute atomic E-state index is 10.3. The Morgan fingerprint density at radius 3 is 2.89 bits per heavy atom. The Hall–Kier alpha value is -0.680. The van der Waals surface area contributed by atoms with Gasteiger partial charge in [0, 0.05) is 0 Å². The van der Waals surface area contributed by atoms with Crippen LogP contribution >= 0.6 is 11.6 Å². The Balaban J connectivity index is 3.50. The van der Waals surface area contributed by atoms with Gasteiger partial charge in [0.1, 0.15) is 0 Å². The molecular formula is C6H6ClO2. The quantitative estimate of drug-likeness (QED) is 0.329. The molecule has 0 fully saturated rings. The van der Waals surface area contributed by atoms with Gasteiger partial charge >= 0.3 is 5.97 Å². The van der Waals surface area contributed by atoms with Gasteiger partial charge in [0.25, 0.3) is 0 Å². The van der Waals surface area contributed by atoms with Gasteiger partial charge in [-0.15, -0.1) is 6.42 Å². The van der Waals surface area contributed by atoms with Gasteiger partial charge in [-0.3, -0.25) is 4.79 Å². The van der Waals surface area contributed by atoms with Gasteiger partial charge in [0.15, 0.2) is 0 Å². The van der Waals surface area contributed by atoms with E-state index in [1.807, 2.05) is 5.92 Å². The lowest BCUT2D eigenvalue weighted by atomic mass is 10.5. The van der Waals surface area contributed by atoms with E-state index in [4.69, 9.17) is 18.0 Å². The van der Waals surface area contributed by atoms with Crippen LogP contribution in [0.2, 0.25) is 0 Å². The zero-order valence-electron chi connectivity index (χ0n) is 4.93. The molecule has 49 valence electrons. The Bertz CT molecular complexity index is 136. The molecule has 0 heterocycles. The minimum absolute atomic E-state index is 0.507. The van der Waals surface area contributed by atoms with Gasteiger partial charge in [0.2, 0.25) is 5.56 Å². The van der Waals surface area contributed by atoms with Crippen molar-refractivity contribution in [3.05, 3.63) is 6.42 Å². The second kappa shape index (κ2) is 4.22. The van der Waals surface area contributed by atoms with Crippen LogP contribution in [0.5, 0.6) is 0 Å². The second-order valence-electron chi connectivity index (χ2n) is 1.21. The molecule has 9 heavy (non-hydrogen) atoms. The highest BCUT2D eigenvalue weighted by molar-refractivity contribution is 6.22.